The van der Waals surface area contributed by atoms with E-state index in [9.17, 15) is 9.90 Å². The molecule has 2 heteroatoms. The van der Waals surface area contributed by atoms with Crippen LogP contribution in [0.15, 0.2) is 54.6 Å². The second-order valence-corrected chi connectivity index (χ2v) is 5.40. The Morgan fingerprint density at radius 1 is 1.05 bits per heavy atom. The first-order chi connectivity index (χ1) is 9.13. The number of carbonyl (C=O) groups excluding carboxylic acids is 1. The van der Waals surface area contributed by atoms with Crippen molar-refractivity contribution < 1.29 is 9.90 Å². The van der Waals surface area contributed by atoms with Gasteiger partial charge in [0.1, 0.15) is 0 Å². The zero-order valence-electron chi connectivity index (χ0n) is 10.8. The molecular weight excluding hydrogens is 236 g/mol. The molecule has 2 aromatic rings. The van der Waals surface area contributed by atoms with E-state index in [1.54, 1.807) is 6.07 Å². The highest BCUT2D eigenvalue weighted by molar-refractivity contribution is 6.05. The summed E-state index contributed by atoms with van der Waals surface area (Å²) in [6.07, 6.45) is -0.167. The monoisotopic (exact) mass is 252 g/mol. The Balaban J connectivity index is 2.00. The van der Waals surface area contributed by atoms with Crippen molar-refractivity contribution >= 4 is 5.78 Å². The summed E-state index contributed by atoms with van der Waals surface area (Å²) in [5, 5.41) is 10.5. The van der Waals surface area contributed by atoms with Gasteiger partial charge in [0.25, 0.3) is 0 Å². The van der Waals surface area contributed by atoms with Crippen LogP contribution in [0, 0.1) is 5.41 Å². The van der Waals surface area contributed by atoms with Gasteiger partial charge in [-0.25, -0.2) is 0 Å². The second kappa shape index (κ2) is 4.32. The van der Waals surface area contributed by atoms with Gasteiger partial charge in [-0.2, -0.15) is 0 Å². The van der Waals surface area contributed by atoms with Crippen LogP contribution in [0.2, 0.25) is 0 Å². The number of benzene rings is 2. The molecule has 3 rings (SSSR count). The average Bonchev–Trinajstić information content (AvgIpc) is 2.63. The lowest BCUT2D eigenvalue weighted by molar-refractivity contribution is 0.0416. The molecular formula is C17H16O2. The fraction of sp³-hybridized carbons (Fsp3) is 0.235. The van der Waals surface area contributed by atoms with Crippen LogP contribution in [0.1, 0.15) is 34.5 Å². The van der Waals surface area contributed by atoms with Crippen molar-refractivity contribution in [2.75, 3.05) is 0 Å². The van der Waals surface area contributed by atoms with Crippen LogP contribution in [-0.4, -0.2) is 10.9 Å². The molecule has 2 aromatic carbocycles. The molecule has 96 valence electrons. The van der Waals surface area contributed by atoms with E-state index in [0.717, 1.165) is 11.1 Å². The Hall–Kier alpha value is -1.93. The van der Waals surface area contributed by atoms with Gasteiger partial charge in [0.15, 0.2) is 5.78 Å². The van der Waals surface area contributed by atoms with Gasteiger partial charge in [0, 0.05) is 5.56 Å². The highest BCUT2D eigenvalue weighted by atomic mass is 16.3. The van der Waals surface area contributed by atoms with Crippen LogP contribution in [0.4, 0.5) is 0 Å². The molecule has 1 aliphatic rings. The van der Waals surface area contributed by atoms with Gasteiger partial charge in [-0.05, 0) is 24.5 Å². The summed E-state index contributed by atoms with van der Waals surface area (Å²) >= 11 is 0. The number of ketones is 1. The minimum atomic E-state index is -0.759. The van der Waals surface area contributed by atoms with Crippen LogP contribution in [0.3, 0.4) is 0 Å². The predicted molar refractivity (Wildman–Crippen MR) is 74.0 cm³/mol. The average molecular weight is 252 g/mol. The Labute approximate surface area is 112 Å². The van der Waals surface area contributed by atoms with E-state index < -0.39 is 11.5 Å². The van der Waals surface area contributed by atoms with E-state index in [4.69, 9.17) is 0 Å². The number of hydrogen-bond donors (Lipinski definition) is 1. The fourth-order valence-electron chi connectivity index (χ4n) is 2.91. The summed E-state index contributed by atoms with van der Waals surface area (Å²) in [4.78, 5) is 12.6. The van der Waals surface area contributed by atoms with Gasteiger partial charge in [-0.15, -0.1) is 0 Å². The van der Waals surface area contributed by atoms with Crippen LogP contribution in [0.5, 0.6) is 0 Å². The molecule has 0 bridgehead atoms. The van der Waals surface area contributed by atoms with Crippen molar-refractivity contribution in [3.05, 3.63) is 71.3 Å². The maximum Gasteiger partial charge on any atom is 0.172 e. The first-order valence-corrected chi connectivity index (χ1v) is 6.48. The molecule has 0 spiro atoms. The predicted octanol–water partition coefficient (Wildman–Crippen LogP) is 3.17. The van der Waals surface area contributed by atoms with Crippen LogP contribution in [0.25, 0.3) is 0 Å². The highest BCUT2D eigenvalue weighted by Crippen LogP contribution is 2.47. The third-order valence-electron chi connectivity index (χ3n) is 4.04. The Bertz CT molecular complexity index is 618. The maximum atomic E-state index is 12.6. The Kier molecular flexibility index (Phi) is 2.76. The topological polar surface area (TPSA) is 37.3 Å². The number of fused-ring (bicyclic) bond motifs is 1. The third kappa shape index (κ3) is 1.80. The standard InChI is InChI=1S/C17H16O2/c1-17(11-12-7-3-2-4-8-12)15(18)13-9-5-6-10-14(13)16(17)19/h2-10,15,18H,11H2,1H3. The molecule has 0 aliphatic heterocycles. The van der Waals surface area contributed by atoms with Gasteiger partial charge in [-0.1, -0.05) is 54.6 Å². The summed E-state index contributed by atoms with van der Waals surface area (Å²) < 4.78 is 0. The van der Waals surface area contributed by atoms with E-state index in [2.05, 4.69) is 0 Å². The normalized spacial score (nSPS) is 25.4. The van der Waals surface area contributed by atoms with E-state index >= 15 is 0 Å². The molecule has 0 heterocycles. The Morgan fingerprint density at radius 2 is 1.68 bits per heavy atom. The van der Waals surface area contributed by atoms with Crippen molar-refractivity contribution in [3.63, 3.8) is 0 Å². The Morgan fingerprint density at radius 3 is 2.37 bits per heavy atom. The number of Topliss-reactive ketones (excluding diaryl/α,β-unsaturated/α-hetero) is 1. The number of hydrogen-bond acceptors (Lipinski definition) is 2. The molecule has 0 amide bonds. The van der Waals surface area contributed by atoms with Crippen molar-refractivity contribution in [1.82, 2.24) is 0 Å². The van der Waals surface area contributed by atoms with Crippen molar-refractivity contribution in [2.45, 2.75) is 19.4 Å². The molecule has 19 heavy (non-hydrogen) atoms. The maximum absolute atomic E-state index is 12.6. The van der Waals surface area contributed by atoms with Crippen molar-refractivity contribution in [3.8, 4) is 0 Å². The summed E-state index contributed by atoms with van der Waals surface area (Å²) in [6, 6.07) is 17.2. The lowest BCUT2D eigenvalue weighted by Gasteiger charge is -2.26. The quantitative estimate of drug-likeness (QED) is 0.891. The van der Waals surface area contributed by atoms with Gasteiger partial charge in [0.05, 0.1) is 11.5 Å². The lowest BCUT2D eigenvalue weighted by Crippen LogP contribution is -2.30. The SMILES string of the molecule is CC1(Cc2ccccc2)C(=O)c2ccccc2C1O. The molecule has 2 atom stereocenters. The van der Waals surface area contributed by atoms with Crippen LogP contribution >= 0.6 is 0 Å². The number of rotatable bonds is 2. The molecule has 1 N–H and O–H groups in total. The third-order valence-corrected chi connectivity index (χ3v) is 4.04. The first-order valence-electron chi connectivity index (χ1n) is 6.48. The minimum Gasteiger partial charge on any atom is -0.387 e. The highest BCUT2D eigenvalue weighted by Gasteiger charge is 2.48. The number of aliphatic hydroxyl groups excluding tert-OH is 1. The van der Waals surface area contributed by atoms with Crippen molar-refractivity contribution in [2.24, 2.45) is 5.41 Å². The zero-order valence-corrected chi connectivity index (χ0v) is 10.8. The summed E-state index contributed by atoms with van der Waals surface area (Å²) in [6.45, 7) is 1.85. The molecule has 1 aliphatic carbocycles. The number of carbonyl (C=O) groups is 1. The fourth-order valence-corrected chi connectivity index (χ4v) is 2.91. The molecule has 0 fully saturated rings. The molecule has 0 saturated carbocycles. The van der Waals surface area contributed by atoms with Crippen LogP contribution in [-0.2, 0) is 6.42 Å². The van der Waals surface area contributed by atoms with E-state index in [1.165, 1.54) is 0 Å². The largest absolute Gasteiger partial charge is 0.387 e. The van der Waals surface area contributed by atoms with Gasteiger partial charge in [-0.3, -0.25) is 4.79 Å². The summed E-state index contributed by atoms with van der Waals surface area (Å²) in [5.41, 5.74) is 1.73. The minimum absolute atomic E-state index is 0.0412. The van der Waals surface area contributed by atoms with E-state index in [0.29, 0.717) is 12.0 Å². The molecule has 0 radical (unpaired) electrons. The second-order valence-electron chi connectivity index (χ2n) is 5.40. The van der Waals surface area contributed by atoms with Gasteiger partial charge in [0.2, 0.25) is 0 Å². The molecule has 0 aromatic heterocycles. The van der Waals surface area contributed by atoms with Crippen molar-refractivity contribution in [1.29, 1.82) is 0 Å². The smallest absolute Gasteiger partial charge is 0.172 e. The zero-order chi connectivity index (χ0) is 13.5. The van der Waals surface area contributed by atoms with E-state index in [-0.39, 0.29) is 5.78 Å². The van der Waals surface area contributed by atoms with E-state index in [1.807, 2.05) is 55.5 Å². The lowest BCUT2D eigenvalue weighted by atomic mass is 9.78. The molecule has 0 saturated heterocycles. The first kappa shape index (κ1) is 12.1. The summed E-state index contributed by atoms with van der Waals surface area (Å²) in [7, 11) is 0. The number of aliphatic hydroxyl groups is 1. The van der Waals surface area contributed by atoms with Crippen LogP contribution < -0.4 is 0 Å². The molecule has 2 unspecified atom stereocenters. The van der Waals surface area contributed by atoms with Gasteiger partial charge >= 0.3 is 0 Å². The molecule has 2 nitrogen and oxygen atoms in total. The van der Waals surface area contributed by atoms with Gasteiger partial charge < -0.3 is 5.11 Å². The summed E-state index contributed by atoms with van der Waals surface area (Å²) in [5.74, 6) is 0.0412.